The number of hydrogen-bond acceptors (Lipinski definition) is 2. The van der Waals surface area contributed by atoms with Gasteiger partial charge in [-0.25, -0.2) is 4.39 Å². The second-order valence-corrected chi connectivity index (χ2v) is 5.16. The second kappa shape index (κ2) is 5.06. The van der Waals surface area contributed by atoms with Crippen molar-refractivity contribution in [2.24, 2.45) is 11.8 Å². The van der Waals surface area contributed by atoms with E-state index in [1.165, 1.54) is 12.1 Å². The van der Waals surface area contributed by atoms with Gasteiger partial charge in [0.15, 0.2) is 0 Å². The Kier molecular flexibility index (Phi) is 3.65. The first-order valence-electron chi connectivity index (χ1n) is 5.48. The van der Waals surface area contributed by atoms with Gasteiger partial charge in [-0.15, -0.1) is 0 Å². The van der Waals surface area contributed by atoms with E-state index in [0.717, 1.165) is 0 Å². The fraction of sp³-hybridized carbons (Fsp3) is 0.333. The molecule has 1 saturated carbocycles. The van der Waals surface area contributed by atoms with Crippen LogP contribution in [0.3, 0.4) is 0 Å². The van der Waals surface area contributed by atoms with Crippen molar-refractivity contribution < 1.29 is 19.1 Å². The van der Waals surface area contributed by atoms with Crippen LogP contribution in [-0.2, 0) is 9.59 Å². The lowest BCUT2D eigenvalue weighted by atomic mass is 9.73. The van der Waals surface area contributed by atoms with Gasteiger partial charge in [0.2, 0.25) is 5.91 Å². The molecule has 0 saturated heterocycles. The number of carboxylic acid groups (broad SMARTS) is 1. The van der Waals surface area contributed by atoms with Crippen LogP contribution in [0, 0.1) is 17.7 Å². The van der Waals surface area contributed by atoms with Crippen LogP contribution in [0.4, 0.5) is 10.1 Å². The summed E-state index contributed by atoms with van der Waals surface area (Å²) >= 11 is 3.11. The number of nitrogens with one attached hydrogen (secondary N) is 1. The molecule has 1 aromatic rings. The summed E-state index contributed by atoms with van der Waals surface area (Å²) in [5.74, 6) is -3.18. The quantitative estimate of drug-likeness (QED) is 0.901. The fourth-order valence-corrected chi connectivity index (χ4v) is 2.26. The van der Waals surface area contributed by atoms with Crippen molar-refractivity contribution in [2.45, 2.75) is 12.8 Å². The standard InChI is InChI=1S/C12H11BrFNO3/c13-6-1-4-10(9(14)5-6)15-11(16)7-2-3-8(7)12(17)18/h1,4-5,7-8H,2-3H2,(H,15,16)(H,17,18). The molecule has 1 aromatic carbocycles. The lowest BCUT2D eigenvalue weighted by molar-refractivity contribution is -0.151. The van der Waals surface area contributed by atoms with Crippen molar-refractivity contribution in [3.05, 3.63) is 28.5 Å². The summed E-state index contributed by atoms with van der Waals surface area (Å²) in [5, 5.41) is 11.3. The van der Waals surface area contributed by atoms with Crippen molar-refractivity contribution in [3.8, 4) is 0 Å². The molecule has 0 aromatic heterocycles. The molecule has 0 aliphatic heterocycles. The Balaban J connectivity index is 2.05. The molecule has 1 aliphatic carbocycles. The van der Waals surface area contributed by atoms with E-state index in [2.05, 4.69) is 21.2 Å². The smallest absolute Gasteiger partial charge is 0.307 e. The van der Waals surface area contributed by atoms with Crippen LogP contribution in [0.25, 0.3) is 0 Å². The molecule has 2 atom stereocenters. The van der Waals surface area contributed by atoms with Gasteiger partial charge in [-0.05, 0) is 31.0 Å². The number of rotatable bonds is 3. The van der Waals surface area contributed by atoms with E-state index >= 15 is 0 Å². The van der Waals surface area contributed by atoms with E-state index in [1.807, 2.05) is 0 Å². The van der Waals surface area contributed by atoms with Crippen LogP contribution in [0.2, 0.25) is 0 Å². The summed E-state index contributed by atoms with van der Waals surface area (Å²) in [4.78, 5) is 22.6. The van der Waals surface area contributed by atoms with Crippen molar-refractivity contribution >= 4 is 33.5 Å². The summed E-state index contributed by atoms with van der Waals surface area (Å²) in [6.45, 7) is 0. The highest BCUT2D eigenvalue weighted by molar-refractivity contribution is 9.10. The van der Waals surface area contributed by atoms with Crippen LogP contribution in [0.5, 0.6) is 0 Å². The maximum Gasteiger partial charge on any atom is 0.307 e. The zero-order chi connectivity index (χ0) is 13.3. The number of anilines is 1. The minimum atomic E-state index is -0.974. The predicted octanol–water partition coefficient (Wildman–Crippen LogP) is 2.64. The molecule has 2 N–H and O–H groups in total. The molecule has 0 radical (unpaired) electrons. The zero-order valence-corrected chi connectivity index (χ0v) is 10.9. The summed E-state index contributed by atoms with van der Waals surface area (Å²) < 4.78 is 14.1. The third-order valence-electron chi connectivity index (χ3n) is 3.12. The van der Waals surface area contributed by atoms with Crippen molar-refractivity contribution in [3.63, 3.8) is 0 Å². The molecular weight excluding hydrogens is 305 g/mol. The van der Waals surface area contributed by atoms with Gasteiger partial charge in [-0.3, -0.25) is 9.59 Å². The Hall–Kier alpha value is -1.43. The number of amides is 1. The summed E-state index contributed by atoms with van der Waals surface area (Å²) in [6.07, 6.45) is 1.02. The lowest BCUT2D eigenvalue weighted by Crippen LogP contribution is -2.41. The SMILES string of the molecule is O=C(O)C1CCC1C(=O)Nc1ccc(Br)cc1F. The molecule has 96 valence electrons. The van der Waals surface area contributed by atoms with Gasteiger partial charge in [0, 0.05) is 4.47 Å². The normalized spacial score (nSPS) is 22.1. The number of carboxylic acids is 1. The maximum atomic E-state index is 13.5. The topological polar surface area (TPSA) is 66.4 Å². The Labute approximate surface area is 111 Å². The first-order chi connectivity index (χ1) is 8.49. The molecule has 0 spiro atoms. The molecular formula is C12H11BrFNO3. The fourth-order valence-electron chi connectivity index (χ4n) is 1.93. The molecule has 4 nitrogen and oxygen atoms in total. The third-order valence-corrected chi connectivity index (χ3v) is 3.61. The Bertz CT molecular complexity index is 506. The van der Waals surface area contributed by atoms with Crippen LogP contribution in [0.1, 0.15) is 12.8 Å². The molecule has 18 heavy (non-hydrogen) atoms. The molecule has 0 bridgehead atoms. The van der Waals surface area contributed by atoms with Crippen LogP contribution in [0.15, 0.2) is 22.7 Å². The van der Waals surface area contributed by atoms with E-state index in [4.69, 9.17) is 5.11 Å². The average Bonchev–Trinajstić information content (AvgIpc) is 2.19. The van der Waals surface area contributed by atoms with E-state index < -0.39 is 29.5 Å². The van der Waals surface area contributed by atoms with Crippen LogP contribution >= 0.6 is 15.9 Å². The van der Waals surface area contributed by atoms with E-state index in [9.17, 15) is 14.0 Å². The molecule has 0 heterocycles. The maximum absolute atomic E-state index is 13.5. The van der Waals surface area contributed by atoms with E-state index in [-0.39, 0.29) is 5.69 Å². The summed E-state index contributed by atoms with van der Waals surface area (Å²) in [5.41, 5.74) is 0.0687. The highest BCUT2D eigenvalue weighted by Crippen LogP contribution is 2.35. The largest absolute Gasteiger partial charge is 0.481 e. The number of benzene rings is 1. The third kappa shape index (κ3) is 2.53. The first-order valence-corrected chi connectivity index (χ1v) is 6.27. The minimum absolute atomic E-state index is 0.0687. The average molecular weight is 316 g/mol. The van der Waals surface area contributed by atoms with Gasteiger partial charge in [0.25, 0.3) is 0 Å². The van der Waals surface area contributed by atoms with E-state index in [0.29, 0.717) is 17.3 Å². The van der Waals surface area contributed by atoms with Crippen LogP contribution < -0.4 is 5.32 Å². The van der Waals surface area contributed by atoms with Gasteiger partial charge in [0.05, 0.1) is 17.5 Å². The van der Waals surface area contributed by atoms with Crippen LogP contribution in [-0.4, -0.2) is 17.0 Å². The predicted molar refractivity (Wildman–Crippen MR) is 66.6 cm³/mol. The Morgan fingerprint density at radius 2 is 2.00 bits per heavy atom. The summed E-state index contributed by atoms with van der Waals surface area (Å²) in [7, 11) is 0. The monoisotopic (exact) mass is 315 g/mol. The molecule has 2 rings (SSSR count). The van der Waals surface area contributed by atoms with Crippen molar-refractivity contribution in [1.29, 1.82) is 0 Å². The highest BCUT2D eigenvalue weighted by Gasteiger charge is 2.41. The van der Waals surface area contributed by atoms with Gasteiger partial charge >= 0.3 is 5.97 Å². The number of halogens is 2. The number of carbonyl (C=O) groups is 2. The van der Waals surface area contributed by atoms with Gasteiger partial charge in [-0.2, -0.15) is 0 Å². The van der Waals surface area contributed by atoms with Gasteiger partial charge in [0.1, 0.15) is 5.82 Å². The summed E-state index contributed by atoms with van der Waals surface area (Å²) in [6, 6.07) is 4.28. The van der Waals surface area contributed by atoms with Gasteiger partial charge in [-0.1, -0.05) is 15.9 Å². The Morgan fingerprint density at radius 1 is 1.33 bits per heavy atom. The van der Waals surface area contributed by atoms with E-state index in [1.54, 1.807) is 6.07 Å². The number of carbonyl (C=O) groups excluding carboxylic acids is 1. The molecule has 1 amide bonds. The highest BCUT2D eigenvalue weighted by atomic mass is 79.9. The zero-order valence-electron chi connectivity index (χ0n) is 9.32. The number of aliphatic carboxylic acids is 1. The Morgan fingerprint density at radius 3 is 2.50 bits per heavy atom. The molecule has 1 aliphatic rings. The lowest BCUT2D eigenvalue weighted by Gasteiger charge is -2.31. The first kappa shape index (κ1) is 13.0. The molecule has 1 fully saturated rings. The number of hydrogen-bond donors (Lipinski definition) is 2. The minimum Gasteiger partial charge on any atom is -0.481 e. The van der Waals surface area contributed by atoms with Crippen molar-refractivity contribution in [2.75, 3.05) is 5.32 Å². The van der Waals surface area contributed by atoms with Gasteiger partial charge < -0.3 is 10.4 Å². The second-order valence-electron chi connectivity index (χ2n) is 4.24. The molecule has 6 heteroatoms. The molecule has 2 unspecified atom stereocenters. The van der Waals surface area contributed by atoms with Crippen molar-refractivity contribution in [1.82, 2.24) is 0 Å².